The molecule has 0 saturated heterocycles. The van der Waals surface area contributed by atoms with Crippen LogP contribution in [0.5, 0.6) is 5.75 Å². The number of methoxy groups -OCH3 is 1. The lowest BCUT2D eigenvalue weighted by Gasteiger charge is -2.33. The lowest BCUT2D eigenvalue weighted by molar-refractivity contribution is -0.126. The third kappa shape index (κ3) is 6.06. The summed E-state index contributed by atoms with van der Waals surface area (Å²) in [7, 11) is 1.61. The SMILES string of the molecule is COc1cccc(C(C(=O)NC2CCCCC2)N(CCc2ccccc2)C(=O)c2cccs2)c1. The number of hydrogen-bond acceptors (Lipinski definition) is 4. The number of rotatable bonds is 9. The van der Waals surface area contributed by atoms with Crippen molar-refractivity contribution < 1.29 is 14.3 Å². The highest BCUT2D eigenvalue weighted by Crippen LogP contribution is 2.29. The molecule has 2 aromatic carbocycles. The van der Waals surface area contributed by atoms with Crippen LogP contribution in [0, 0.1) is 0 Å². The van der Waals surface area contributed by atoms with E-state index < -0.39 is 6.04 Å². The maximum atomic E-state index is 13.8. The fourth-order valence-corrected chi connectivity index (χ4v) is 5.27. The molecular formula is C28H32N2O3S. The van der Waals surface area contributed by atoms with Crippen molar-refractivity contribution in [2.24, 2.45) is 0 Å². The molecule has 0 bridgehead atoms. The highest BCUT2D eigenvalue weighted by molar-refractivity contribution is 7.12. The van der Waals surface area contributed by atoms with Gasteiger partial charge in [-0.25, -0.2) is 0 Å². The number of hydrogen-bond donors (Lipinski definition) is 1. The van der Waals surface area contributed by atoms with Gasteiger partial charge in [-0.2, -0.15) is 0 Å². The third-order valence-electron chi connectivity index (χ3n) is 6.40. The lowest BCUT2D eigenvalue weighted by atomic mass is 9.94. The van der Waals surface area contributed by atoms with Gasteiger partial charge in [-0.1, -0.05) is 67.8 Å². The van der Waals surface area contributed by atoms with Crippen LogP contribution in [-0.4, -0.2) is 36.4 Å². The van der Waals surface area contributed by atoms with Gasteiger partial charge in [0.25, 0.3) is 5.91 Å². The van der Waals surface area contributed by atoms with E-state index in [9.17, 15) is 9.59 Å². The second kappa shape index (κ2) is 11.8. The van der Waals surface area contributed by atoms with E-state index in [0.29, 0.717) is 23.6 Å². The summed E-state index contributed by atoms with van der Waals surface area (Å²) in [6.45, 7) is 0.431. The topological polar surface area (TPSA) is 58.6 Å². The largest absolute Gasteiger partial charge is 0.497 e. The fraction of sp³-hybridized carbons (Fsp3) is 0.357. The number of carbonyl (C=O) groups is 2. The van der Waals surface area contributed by atoms with Crippen molar-refractivity contribution in [2.45, 2.75) is 50.6 Å². The molecule has 6 heteroatoms. The highest BCUT2D eigenvalue weighted by atomic mass is 32.1. The number of thiophene rings is 1. The first-order valence-corrected chi connectivity index (χ1v) is 12.9. The first kappa shape index (κ1) is 24.0. The molecule has 1 heterocycles. The Kier molecular flexibility index (Phi) is 8.36. The molecule has 0 spiro atoms. The molecule has 4 rings (SSSR count). The number of nitrogens with zero attached hydrogens (tertiary/aromatic N) is 1. The van der Waals surface area contributed by atoms with Crippen LogP contribution >= 0.6 is 11.3 Å². The first-order valence-electron chi connectivity index (χ1n) is 12.0. The summed E-state index contributed by atoms with van der Waals surface area (Å²) in [5.74, 6) is 0.412. The van der Waals surface area contributed by atoms with Crippen LogP contribution in [0.4, 0.5) is 0 Å². The Morgan fingerprint density at radius 2 is 1.82 bits per heavy atom. The van der Waals surface area contributed by atoms with Gasteiger partial charge in [0.05, 0.1) is 12.0 Å². The van der Waals surface area contributed by atoms with Crippen molar-refractivity contribution in [3.63, 3.8) is 0 Å². The normalized spacial score (nSPS) is 14.9. The van der Waals surface area contributed by atoms with Crippen molar-refractivity contribution in [2.75, 3.05) is 13.7 Å². The maximum absolute atomic E-state index is 13.8. The third-order valence-corrected chi connectivity index (χ3v) is 7.26. The molecule has 2 amide bonds. The van der Waals surface area contributed by atoms with Gasteiger partial charge in [0.1, 0.15) is 11.8 Å². The molecule has 5 nitrogen and oxygen atoms in total. The van der Waals surface area contributed by atoms with Gasteiger partial charge in [-0.3, -0.25) is 9.59 Å². The number of amides is 2. The molecule has 1 aliphatic rings. The molecule has 1 N–H and O–H groups in total. The fourth-order valence-electron chi connectivity index (χ4n) is 4.60. The second-order valence-electron chi connectivity index (χ2n) is 8.73. The van der Waals surface area contributed by atoms with Gasteiger partial charge in [0.2, 0.25) is 5.91 Å². The minimum Gasteiger partial charge on any atom is -0.497 e. The standard InChI is InChI=1S/C28H32N2O3S/c1-33-24-15-8-12-22(20-24)26(27(31)29-23-13-6-3-7-14-23)30(28(32)25-16-9-19-34-25)18-17-21-10-4-2-5-11-21/h2,4-5,8-12,15-16,19-20,23,26H,3,6-7,13-14,17-18H2,1H3,(H,29,31). The van der Waals surface area contributed by atoms with E-state index in [2.05, 4.69) is 17.4 Å². The van der Waals surface area contributed by atoms with Gasteiger partial charge in [-0.05, 0) is 54.0 Å². The molecule has 1 fully saturated rings. The van der Waals surface area contributed by atoms with Gasteiger partial charge < -0.3 is 15.0 Å². The maximum Gasteiger partial charge on any atom is 0.264 e. The first-order chi connectivity index (χ1) is 16.7. The Morgan fingerprint density at radius 1 is 1.03 bits per heavy atom. The van der Waals surface area contributed by atoms with E-state index in [0.717, 1.165) is 36.8 Å². The minimum absolute atomic E-state index is 0.127. The van der Waals surface area contributed by atoms with Crippen molar-refractivity contribution >= 4 is 23.2 Å². The van der Waals surface area contributed by atoms with E-state index in [1.165, 1.54) is 17.8 Å². The van der Waals surface area contributed by atoms with E-state index in [1.807, 2.05) is 60.0 Å². The van der Waals surface area contributed by atoms with Gasteiger partial charge in [0.15, 0.2) is 0 Å². The predicted octanol–water partition coefficient (Wildman–Crippen LogP) is 5.63. The average Bonchev–Trinajstić information content (AvgIpc) is 3.42. The molecule has 178 valence electrons. The van der Waals surface area contributed by atoms with Crippen molar-refractivity contribution in [1.29, 1.82) is 0 Å². The number of nitrogens with one attached hydrogen (secondary N) is 1. The Labute approximate surface area is 205 Å². The minimum atomic E-state index is -0.740. The molecule has 1 aliphatic carbocycles. The van der Waals surface area contributed by atoms with E-state index in [4.69, 9.17) is 4.74 Å². The molecule has 3 aromatic rings. The summed E-state index contributed by atoms with van der Waals surface area (Å²) in [5.41, 5.74) is 1.88. The van der Waals surface area contributed by atoms with Crippen LogP contribution in [0.25, 0.3) is 0 Å². The summed E-state index contributed by atoms with van der Waals surface area (Å²) in [4.78, 5) is 29.9. The van der Waals surface area contributed by atoms with E-state index in [-0.39, 0.29) is 17.9 Å². The van der Waals surface area contributed by atoms with E-state index >= 15 is 0 Å². The molecule has 1 aromatic heterocycles. The molecule has 0 aliphatic heterocycles. The Bertz CT molecular complexity index is 1060. The molecule has 1 saturated carbocycles. The second-order valence-corrected chi connectivity index (χ2v) is 9.68. The summed E-state index contributed by atoms with van der Waals surface area (Å²) >= 11 is 1.40. The quantitative estimate of drug-likeness (QED) is 0.435. The van der Waals surface area contributed by atoms with Crippen molar-refractivity contribution in [1.82, 2.24) is 10.2 Å². The molecular weight excluding hydrogens is 444 g/mol. The van der Waals surface area contributed by atoms with Gasteiger partial charge in [0, 0.05) is 12.6 Å². The monoisotopic (exact) mass is 476 g/mol. The van der Waals surface area contributed by atoms with Crippen LogP contribution in [0.3, 0.4) is 0 Å². The Morgan fingerprint density at radius 3 is 2.53 bits per heavy atom. The zero-order valence-corrected chi connectivity index (χ0v) is 20.4. The molecule has 0 radical (unpaired) electrons. The van der Waals surface area contributed by atoms with Gasteiger partial charge >= 0.3 is 0 Å². The van der Waals surface area contributed by atoms with E-state index in [1.54, 1.807) is 12.0 Å². The number of carbonyl (C=O) groups excluding carboxylic acids is 2. The van der Waals surface area contributed by atoms with Crippen LogP contribution in [0.1, 0.15) is 58.9 Å². The molecule has 1 unspecified atom stereocenters. The predicted molar refractivity (Wildman–Crippen MR) is 136 cm³/mol. The summed E-state index contributed by atoms with van der Waals surface area (Å²) in [6, 6.07) is 20.7. The Balaban J connectivity index is 1.68. The summed E-state index contributed by atoms with van der Waals surface area (Å²) in [5, 5.41) is 5.16. The zero-order chi connectivity index (χ0) is 23.8. The van der Waals surface area contributed by atoms with Crippen LogP contribution in [0.15, 0.2) is 72.1 Å². The van der Waals surface area contributed by atoms with Crippen LogP contribution < -0.4 is 10.1 Å². The average molecular weight is 477 g/mol. The summed E-state index contributed by atoms with van der Waals surface area (Å²) in [6.07, 6.45) is 6.10. The Hall–Kier alpha value is -3.12. The summed E-state index contributed by atoms with van der Waals surface area (Å²) < 4.78 is 5.44. The number of benzene rings is 2. The van der Waals surface area contributed by atoms with Crippen molar-refractivity contribution in [3.8, 4) is 5.75 Å². The molecule has 1 atom stereocenters. The van der Waals surface area contributed by atoms with Crippen molar-refractivity contribution in [3.05, 3.63) is 88.1 Å². The smallest absolute Gasteiger partial charge is 0.264 e. The van der Waals surface area contributed by atoms with Gasteiger partial charge in [-0.15, -0.1) is 11.3 Å². The molecule has 34 heavy (non-hydrogen) atoms. The lowest BCUT2D eigenvalue weighted by Crippen LogP contribution is -2.47. The van der Waals surface area contributed by atoms with Crippen LogP contribution in [0.2, 0.25) is 0 Å². The highest BCUT2D eigenvalue weighted by Gasteiger charge is 2.33. The van der Waals surface area contributed by atoms with Crippen LogP contribution in [-0.2, 0) is 11.2 Å². The zero-order valence-electron chi connectivity index (χ0n) is 19.6. The number of ether oxygens (including phenoxy) is 1.